The molecular weight excluding hydrogens is 266 g/mol. The molecule has 1 amide bonds. The SMILES string of the molecule is CN(Cc1cccnc1)C(=O)CCOc1cccc(N)c1. The number of rotatable bonds is 6. The van der Waals surface area contributed by atoms with Gasteiger partial charge in [-0.3, -0.25) is 9.78 Å². The van der Waals surface area contributed by atoms with Crippen molar-refractivity contribution in [2.45, 2.75) is 13.0 Å². The van der Waals surface area contributed by atoms with Crippen molar-refractivity contribution in [2.24, 2.45) is 0 Å². The molecule has 21 heavy (non-hydrogen) atoms. The molecule has 0 radical (unpaired) electrons. The summed E-state index contributed by atoms with van der Waals surface area (Å²) in [6, 6.07) is 11.0. The minimum atomic E-state index is 0.0303. The molecule has 0 saturated heterocycles. The topological polar surface area (TPSA) is 68.5 Å². The molecule has 5 nitrogen and oxygen atoms in total. The molecule has 2 N–H and O–H groups in total. The minimum absolute atomic E-state index is 0.0303. The fraction of sp³-hybridized carbons (Fsp3) is 0.250. The van der Waals surface area contributed by atoms with Crippen molar-refractivity contribution in [1.29, 1.82) is 0 Å². The van der Waals surface area contributed by atoms with Gasteiger partial charge in [-0.15, -0.1) is 0 Å². The van der Waals surface area contributed by atoms with E-state index in [1.165, 1.54) is 0 Å². The van der Waals surface area contributed by atoms with E-state index in [1.807, 2.05) is 24.3 Å². The molecular formula is C16H19N3O2. The Morgan fingerprint density at radius 2 is 2.19 bits per heavy atom. The van der Waals surface area contributed by atoms with Crippen molar-refractivity contribution in [1.82, 2.24) is 9.88 Å². The highest BCUT2D eigenvalue weighted by Gasteiger charge is 2.09. The monoisotopic (exact) mass is 285 g/mol. The third kappa shape index (κ3) is 4.80. The molecule has 1 heterocycles. The number of nitrogen functional groups attached to an aromatic ring is 1. The van der Waals surface area contributed by atoms with Crippen LogP contribution in [0, 0.1) is 0 Å². The van der Waals surface area contributed by atoms with Crippen molar-refractivity contribution in [3.05, 3.63) is 54.4 Å². The van der Waals surface area contributed by atoms with Crippen LogP contribution in [0.3, 0.4) is 0 Å². The number of hydrogen-bond acceptors (Lipinski definition) is 4. The van der Waals surface area contributed by atoms with E-state index in [1.54, 1.807) is 36.5 Å². The van der Waals surface area contributed by atoms with Crippen LogP contribution in [0.4, 0.5) is 5.69 Å². The molecule has 1 aromatic carbocycles. The van der Waals surface area contributed by atoms with E-state index >= 15 is 0 Å². The number of carbonyl (C=O) groups excluding carboxylic acids is 1. The van der Waals surface area contributed by atoms with E-state index in [0.29, 0.717) is 31.0 Å². The van der Waals surface area contributed by atoms with Crippen molar-refractivity contribution in [3.63, 3.8) is 0 Å². The number of pyridine rings is 1. The normalized spacial score (nSPS) is 10.1. The standard InChI is InChI=1S/C16H19N3O2/c1-19(12-13-4-3-8-18-11-13)16(20)7-9-21-15-6-2-5-14(17)10-15/h2-6,8,10-11H,7,9,12,17H2,1H3. The summed E-state index contributed by atoms with van der Waals surface area (Å²) < 4.78 is 5.52. The van der Waals surface area contributed by atoms with Crippen LogP contribution in [0.5, 0.6) is 5.75 Å². The second-order valence-electron chi connectivity index (χ2n) is 4.78. The summed E-state index contributed by atoms with van der Waals surface area (Å²) in [5.41, 5.74) is 7.31. The second-order valence-corrected chi connectivity index (χ2v) is 4.78. The Kier molecular flexibility index (Phi) is 5.15. The molecule has 0 aliphatic heterocycles. The molecule has 2 aromatic rings. The summed E-state index contributed by atoms with van der Waals surface area (Å²) in [4.78, 5) is 17.7. The number of nitrogens with zero attached hydrogens (tertiary/aromatic N) is 2. The smallest absolute Gasteiger partial charge is 0.226 e. The molecule has 0 fully saturated rings. The zero-order valence-electron chi connectivity index (χ0n) is 12.0. The Bertz CT molecular complexity index is 587. The van der Waals surface area contributed by atoms with Gasteiger partial charge >= 0.3 is 0 Å². The van der Waals surface area contributed by atoms with Gasteiger partial charge in [0, 0.05) is 37.7 Å². The number of amides is 1. The maximum atomic E-state index is 12.0. The third-order valence-corrected chi connectivity index (χ3v) is 3.01. The lowest BCUT2D eigenvalue weighted by Gasteiger charge is -2.17. The highest BCUT2D eigenvalue weighted by molar-refractivity contribution is 5.76. The number of ether oxygens (including phenoxy) is 1. The Morgan fingerprint density at radius 1 is 1.33 bits per heavy atom. The number of anilines is 1. The molecule has 0 aliphatic carbocycles. The maximum absolute atomic E-state index is 12.0. The Labute approximate surface area is 124 Å². The number of benzene rings is 1. The minimum Gasteiger partial charge on any atom is -0.493 e. The number of hydrogen-bond donors (Lipinski definition) is 1. The van der Waals surface area contributed by atoms with E-state index in [0.717, 1.165) is 5.56 Å². The van der Waals surface area contributed by atoms with Crippen molar-refractivity contribution in [3.8, 4) is 5.75 Å². The van der Waals surface area contributed by atoms with Gasteiger partial charge in [0.15, 0.2) is 0 Å². The van der Waals surface area contributed by atoms with E-state index in [4.69, 9.17) is 10.5 Å². The van der Waals surface area contributed by atoms with E-state index < -0.39 is 0 Å². The van der Waals surface area contributed by atoms with Crippen LogP contribution in [0.2, 0.25) is 0 Å². The molecule has 0 bridgehead atoms. The van der Waals surface area contributed by atoms with Gasteiger partial charge in [0.05, 0.1) is 13.0 Å². The largest absolute Gasteiger partial charge is 0.493 e. The van der Waals surface area contributed by atoms with Gasteiger partial charge in [0.1, 0.15) is 5.75 Å². The quantitative estimate of drug-likeness (QED) is 0.825. The Morgan fingerprint density at radius 3 is 2.90 bits per heavy atom. The summed E-state index contributed by atoms with van der Waals surface area (Å²) in [7, 11) is 1.77. The van der Waals surface area contributed by atoms with Gasteiger partial charge < -0.3 is 15.4 Å². The van der Waals surface area contributed by atoms with Gasteiger partial charge in [-0.1, -0.05) is 12.1 Å². The molecule has 5 heteroatoms. The van der Waals surface area contributed by atoms with Gasteiger partial charge in [0.25, 0.3) is 0 Å². The van der Waals surface area contributed by atoms with Gasteiger partial charge in [-0.25, -0.2) is 0 Å². The Balaban J connectivity index is 1.76. The molecule has 0 unspecified atom stereocenters. The first-order valence-electron chi connectivity index (χ1n) is 6.76. The Hall–Kier alpha value is -2.56. The summed E-state index contributed by atoms with van der Waals surface area (Å²) in [5.74, 6) is 0.709. The van der Waals surface area contributed by atoms with Crippen LogP contribution < -0.4 is 10.5 Å². The lowest BCUT2D eigenvalue weighted by Crippen LogP contribution is -2.27. The highest BCUT2D eigenvalue weighted by atomic mass is 16.5. The number of carbonyl (C=O) groups is 1. The third-order valence-electron chi connectivity index (χ3n) is 3.01. The molecule has 0 atom stereocenters. The molecule has 1 aromatic heterocycles. The van der Waals surface area contributed by atoms with Gasteiger partial charge in [0.2, 0.25) is 5.91 Å². The molecule has 0 saturated carbocycles. The van der Waals surface area contributed by atoms with Crippen molar-refractivity contribution >= 4 is 11.6 Å². The first-order chi connectivity index (χ1) is 10.1. The zero-order valence-corrected chi connectivity index (χ0v) is 12.0. The van der Waals surface area contributed by atoms with E-state index in [2.05, 4.69) is 4.98 Å². The average molecular weight is 285 g/mol. The average Bonchev–Trinajstić information content (AvgIpc) is 2.48. The summed E-state index contributed by atoms with van der Waals surface area (Å²) in [6.45, 7) is 0.880. The van der Waals surface area contributed by atoms with E-state index in [9.17, 15) is 4.79 Å². The summed E-state index contributed by atoms with van der Waals surface area (Å²) >= 11 is 0. The highest BCUT2D eigenvalue weighted by Crippen LogP contribution is 2.14. The molecule has 110 valence electrons. The zero-order chi connectivity index (χ0) is 15.1. The molecule has 0 spiro atoms. The van der Waals surface area contributed by atoms with Crippen LogP contribution in [-0.2, 0) is 11.3 Å². The van der Waals surface area contributed by atoms with E-state index in [-0.39, 0.29) is 5.91 Å². The first kappa shape index (κ1) is 14.8. The predicted octanol–water partition coefficient (Wildman–Crippen LogP) is 2.09. The maximum Gasteiger partial charge on any atom is 0.226 e. The fourth-order valence-electron chi connectivity index (χ4n) is 1.91. The van der Waals surface area contributed by atoms with Crippen LogP contribution in [0.25, 0.3) is 0 Å². The second kappa shape index (κ2) is 7.28. The fourth-order valence-corrected chi connectivity index (χ4v) is 1.91. The number of aromatic nitrogens is 1. The molecule has 0 aliphatic rings. The number of nitrogens with two attached hydrogens (primary N) is 1. The first-order valence-corrected chi connectivity index (χ1v) is 6.76. The van der Waals surface area contributed by atoms with Crippen LogP contribution in [0.1, 0.15) is 12.0 Å². The summed E-state index contributed by atoms with van der Waals surface area (Å²) in [6.07, 6.45) is 3.79. The van der Waals surface area contributed by atoms with Crippen LogP contribution >= 0.6 is 0 Å². The lowest BCUT2D eigenvalue weighted by atomic mass is 10.2. The molecule has 2 rings (SSSR count). The van der Waals surface area contributed by atoms with Crippen molar-refractivity contribution in [2.75, 3.05) is 19.4 Å². The van der Waals surface area contributed by atoms with Crippen molar-refractivity contribution < 1.29 is 9.53 Å². The summed E-state index contributed by atoms with van der Waals surface area (Å²) in [5, 5.41) is 0. The van der Waals surface area contributed by atoms with Gasteiger partial charge in [-0.2, -0.15) is 0 Å². The van der Waals surface area contributed by atoms with Crippen LogP contribution in [0.15, 0.2) is 48.8 Å². The predicted molar refractivity (Wildman–Crippen MR) is 81.7 cm³/mol. The van der Waals surface area contributed by atoms with Crippen LogP contribution in [-0.4, -0.2) is 29.4 Å². The lowest BCUT2D eigenvalue weighted by molar-refractivity contribution is -0.130. The van der Waals surface area contributed by atoms with Gasteiger partial charge in [-0.05, 0) is 23.8 Å².